The second kappa shape index (κ2) is 8.01. The molecule has 0 radical (unpaired) electrons. The summed E-state index contributed by atoms with van der Waals surface area (Å²) < 4.78 is 0.965. The fourth-order valence-electron chi connectivity index (χ4n) is 3.31. The lowest BCUT2D eigenvalue weighted by Gasteiger charge is -2.11. The van der Waals surface area contributed by atoms with Gasteiger partial charge in [-0.1, -0.05) is 46.3 Å². The zero-order valence-corrected chi connectivity index (χ0v) is 18.7. The van der Waals surface area contributed by atoms with Crippen molar-refractivity contribution in [1.82, 2.24) is 4.98 Å². The summed E-state index contributed by atoms with van der Waals surface area (Å²) in [5, 5.41) is 4.10. The number of carbonyl (C=O) groups is 2. The molecule has 150 valence electrons. The van der Waals surface area contributed by atoms with Crippen molar-refractivity contribution in [2.45, 2.75) is 13.8 Å². The van der Waals surface area contributed by atoms with Crippen LogP contribution in [0.2, 0.25) is 0 Å². The van der Waals surface area contributed by atoms with Crippen LogP contribution in [0.5, 0.6) is 0 Å². The molecule has 7 heteroatoms. The molecule has 2 aromatic carbocycles. The largest absolute Gasteiger partial charge is 0.365 e. The number of primary amides is 1. The maximum atomic E-state index is 13.3. The van der Waals surface area contributed by atoms with Crippen molar-refractivity contribution < 1.29 is 9.59 Å². The monoisotopic (exact) mass is 479 g/mol. The number of hydrogen-bond acceptors (Lipinski definition) is 4. The summed E-state index contributed by atoms with van der Waals surface area (Å²) in [6, 6.07) is 17.0. The first kappa shape index (κ1) is 20.3. The number of pyridine rings is 1. The zero-order chi connectivity index (χ0) is 21.4. The van der Waals surface area contributed by atoms with Gasteiger partial charge in [0.2, 0.25) is 0 Å². The molecule has 4 aromatic rings. The minimum atomic E-state index is -0.553. The van der Waals surface area contributed by atoms with Gasteiger partial charge in [0.15, 0.2) is 0 Å². The molecule has 0 bridgehead atoms. The highest BCUT2D eigenvalue weighted by Crippen LogP contribution is 2.33. The lowest BCUT2D eigenvalue weighted by atomic mass is 10.0. The first-order valence-electron chi connectivity index (χ1n) is 9.22. The van der Waals surface area contributed by atoms with E-state index in [4.69, 9.17) is 10.7 Å². The van der Waals surface area contributed by atoms with Crippen LogP contribution in [0.3, 0.4) is 0 Å². The Morgan fingerprint density at radius 2 is 1.77 bits per heavy atom. The van der Waals surface area contributed by atoms with E-state index in [1.165, 1.54) is 11.3 Å². The number of halogens is 1. The lowest BCUT2D eigenvalue weighted by molar-refractivity contribution is 0.100. The molecule has 0 saturated carbocycles. The molecule has 2 amide bonds. The molecule has 5 nitrogen and oxygen atoms in total. The van der Waals surface area contributed by atoms with Crippen LogP contribution in [0, 0.1) is 13.8 Å². The number of fused-ring (bicyclic) bond motifs is 1. The molecule has 0 unspecified atom stereocenters. The number of thiophene rings is 1. The Bertz CT molecular complexity index is 1300. The Hall–Kier alpha value is -3.03. The highest BCUT2D eigenvalue weighted by atomic mass is 79.9. The van der Waals surface area contributed by atoms with E-state index in [2.05, 4.69) is 21.2 Å². The summed E-state index contributed by atoms with van der Waals surface area (Å²) >= 11 is 4.78. The van der Waals surface area contributed by atoms with E-state index in [0.717, 1.165) is 31.4 Å². The average molecular weight is 480 g/mol. The topological polar surface area (TPSA) is 85.1 Å². The van der Waals surface area contributed by atoms with E-state index in [0.29, 0.717) is 21.8 Å². The molecule has 0 atom stereocenters. The van der Waals surface area contributed by atoms with Crippen LogP contribution >= 0.6 is 27.3 Å². The van der Waals surface area contributed by atoms with Crippen LogP contribution < -0.4 is 11.1 Å². The summed E-state index contributed by atoms with van der Waals surface area (Å²) in [6.45, 7) is 3.73. The van der Waals surface area contributed by atoms with Crippen LogP contribution in [0.25, 0.3) is 22.2 Å². The van der Waals surface area contributed by atoms with Crippen molar-refractivity contribution in [3.63, 3.8) is 0 Å². The van der Waals surface area contributed by atoms with Gasteiger partial charge in [0.25, 0.3) is 11.8 Å². The summed E-state index contributed by atoms with van der Waals surface area (Å²) in [7, 11) is 0. The molecule has 0 fully saturated rings. The van der Waals surface area contributed by atoms with E-state index in [1.807, 2.05) is 62.4 Å². The molecule has 30 heavy (non-hydrogen) atoms. The van der Waals surface area contributed by atoms with Crippen molar-refractivity contribution >= 4 is 55.0 Å². The third-order valence-electron chi connectivity index (χ3n) is 4.96. The van der Waals surface area contributed by atoms with Gasteiger partial charge in [-0.3, -0.25) is 9.59 Å². The van der Waals surface area contributed by atoms with Crippen molar-refractivity contribution in [3.8, 4) is 11.3 Å². The molecule has 2 aromatic heterocycles. The smallest absolute Gasteiger partial charge is 0.257 e. The first-order chi connectivity index (χ1) is 14.3. The van der Waals surface area contributed by atoms with Gasteiger partial charge in [0.1, 0.15) is 5.00 Å². The van der Waals surface area contributed by atoms with Crippen LogP contribution in [-0.2, 0) is 0 Å². The summed E-state index contributed by atoms with van der Waals surface area (Å²) in [5.41, 5.74) is 9.50. The maximum Gasteiger partial charge on any atom is 0.257 e. The normalized spacial score (nSPS) is 10.9. The number of nitrogens with one attached hydrogen (secondary N) is 1. The predicted molar refractivity (Wildman–Crippen MR) is 125 cm³/mol. The Kier molecular flexibility index (Phi) is 5.40. The number of amides is 2. The van der Waals surface area contributed by atoms with Crippen molar-refractivity contribution in [2.75, 3.05) is 5.32 Å². The Balaban J connectivity index is 1.82. The van der Waals surface area contributed by atoms with Crippen LogP contribution in [0.1, 0.15) is 31.2 Å². The molecule has 0 aliphatic rings. The average Bonchev–Trinajstić information content (AvgIpc) is 3.00. The number of rotatable bonds is 4. The van der Waals surface area contributed by atoms with E-state index < -0.39 is 5.91 Å². The number of benzene rings is 2. The standard InChI is InChI=1S/C23H18BrN3O2S/c1-12-13(2)30-23(20(12)21(25)28)27-22(29)17-11-19(14-7-9-15(24)10-8-14)26-18-6-4-3-5-16(17)18/h3-11H,1-2H3,(H2,25,28)(H,27,29). The van der Waals surface area contributed by atoms with Gasteiger partial charge in [-0.15, -0.1) is 11.3 Å². The zero-order valence-electron chi connectivity index (χ0n) is 16.3. The molecule has 0 aliphatic heterocycles. The maximum absolute atomic E-state index is 13.3. The highest BCUT2D eigenvalue weighted by molar-refractivity contribution is 9.10. The summed E-state index contributed by atoms with van der Waals surface area (Å²) in [4.78, 5) is 30.8. The summed E-state index contributed by atoms with van der Waals surface area (Å²) in [5.74, 6) is -0.863. The fraction of sp³-hybridized carbons (Fsp3) is 0.0870. The van der Waals surface area contributed by atoms with Gasteiger partial charge in [-0.2, -0.15) is 0 Å². The van der Waals surface area contributed by atoms with Gasteiger partial charge in [-0.05, 0) is 43.7 Å². The number of nitrogens with two attached hydrogens (primary N) is 1. The van der Waals surface area contributed by atoms with Gasteiger partial charge in [0.05, 0.1) is 22.3 Å². The number of aryl methyl sites for hydroxylation is 1. The summed E-state index contributed by atoms with van der Waals surface area (Å²) in [6.07, 6.45) is 0. The van der Waals surface area contributed by atoms with Crippen LogP contribution in [0.4, 0.5) is 5.00 Å². The van der Waals surface area contributed by atoms with Gasteiger partial charge >= 0.3 is 0 Å². The Morgan fingerprint density at radius 1 is 1.07 bits per heavy atom. The van der Waals surface area contributed by atoms with Gasteiger partial charge < -0.3 is 11.1 Å². The van der Waals surface area contributed by atoms with E-state index >= 15 is 0 Å². The third-order valence-corrected chi connectivity index (χ3v) is 6.61. The molecular formula is C23H18BrN3O2S. The first-order valence-corrected chi connectivity index (χ1v) is 10.8. The van der Waals surface area contributed by atoms with Crippen molar-refractivity contribution in [1.29, 1.82) is 0 Å². The molecule has 0 saturated heterocycles. The Morgan fingerprint density at radius 3 is 2.47 bits per heavy atom. The number of aromatic nitrogens is 1. The van der Waals surface area contributed by atoms with Gasteiger partial charge in [-0.25, -0.2) is 4.98 Å². The minimum absolute atomic E-state index is 0.310. The van der Waals surface area contributed by atoms with Crippen molar-refractivity contribution in [2.24, 2.45) is 5.73 Å². The van der Waals surface area contributed by atoms with Crippen molar-refractivity contribution in [3.05, 3.63) is 80.6 Å². The van der Waals surface area contributed by atoms with Crippen LogP contribution in [-0.4, -0.2) is 16.8 Å². The fourth-order valence-corrected chi connectivity index (χ4v) is 4.64. The SMILES string of the molecule is Cc1sc(NC(=O)c2cc(-c3ccc(Br)cc3)nc3ccccc23)c(C(N)=O)c1C. The number of nitrogens with zero attached hydrogens (tertiary/aromatic N) is 1. The van der Waals surface area contributed by atoms with E-state index in [9.17, 15) is 9.59 Å². The molecule has 4 rings (SSSR count). The molecule has 2 heterocycles. The third kappa shape index (κ3) is 3.74. The number of para-hydroxylation sites is 1. The number of carbonyl (C=O) groups excluding carboxylic acids is 2. The van der Waals surface area contributed by atoms with Crippen LogP contribution in [0.15, 0.2) is 59.1 Å². The van der Waals surface area contributed by atoms with E-state index in [1.54, 1.807) is 6.07 Å². The van der Waals surface area contributed by atoms with Gasteiger partial charge in [0, 0.05) is 20.3 Å². The molecule has 0 aliphatic carbocycles. The predicted octanol–water partition coefficient (Wildman–Crippen LogP) is 5.69. The molecule has 3 N–H and O–H groups in total. The molecular weight excluding hydrogens is 462 g/mol. The second-order valence-corrected chi connectivity index (χ2v) is 9.03. The van der Waals surface area contributed by atoms with E-state index in [-0.39, 0.29) is 5.91 Å². The Labute approximate surface area is 186 Å². The quantitative estimate of drug-likeness (QED) is 0.393. The number of anilines is 1. The lowest BCUT2D eigenvalue weighted by Crippen LogP contribution is -2.18. The highest BCUT2D eigenvalue weighted by Gasteiger charge is 2.21. The second-order valence-electron chi connectivity index (χ2n) is 6.88. The minimum Gasteiger partial charge on any atom is -0.365 e. The number of hydrogen-bond donors (Lipinski definition) is 2. The molecule has 0 spiro atoms.